The molecule has 130 valence electrons. The van der Waals surface area contributed by atoms with E-state index in [1.165, 1.54) is 0 Å². The molecule has 1 atom stereocenters. The number of carbonyl (C=O) groups excluding carboxylic acids is 2. The monoisotopic (exact) mass is 343 g/mol. The van der Waals surface area contributed by atoms with Crippen LogP contribution in [0.5, 0.6) is 0 Å². The van der Waals surface area contributed by atoms with Gasteiger partial charge in [0.2, 0.25) is 0 Å². The molecule has 0 aromatic rings. The zero-order valence-corrected chi connectivity index (χ0v) is 14.2. The molecule has 23 heavy (non-hydrogen) atoms. The van der Waals surface area contributed by atoms with Crippen molar-refractivity contribution in [2.75, 3.05) is 18.1 Å². The van der Waals surface area contributed by atoms with Gasteiger partial charge in [0.05, 0.1) is 17.4 Å². The Morgan fingerprint density at radius 3 is 2.22 bits per heavy atom. The molecule has 0 radical (unpaired) electrons. The third kappa shape index (κ3) is 4.25. The number of nitrogens with zero attached hydrogens (tertiary/aromatic N) is 1. The second-order valence-electron chi connectivity index (χ2n) is 7.03. The van der Waals surface area contributed by atoms with E-state index in [1.54, 1.807) is 4.90 Å². The quantitative estimate of drug-likeness (QED) is 0.703. The Kier molecular flexibility index (Phi) is 4.94. The van der Waals surface area contributed by atoms with Crippen molar-refractivity contribution >= 4 is 21.7 Å². The van der Waals surface area contributed by atoms with Crippen LogP contribution in [0.2, 0.25) is 0 Å². The first-order chi connectivity index (χ1) is 11.0. The molecule has 3 aliphatic rings. The maximum atomic E-state index is 12.6. The van der Waals surface area contributed by atoms with E-state index in [9.17, 15) is 18.0 Å². The fourth-order valence-corrected chi connectivity index (χ4v) is 5.42. The van der Waals surface area contributed by atoms with E-state index in [4.69, 9.17) is 4.74 Å². The first-order valence-electron chi connectivity index (χ1n) is 8.64. The van der Waals surface area contributed by atoms with Crippen LogP contribution in [0.4, 0.5) is 0 Å². The Morgan fingerprint density at radius 2 is 1.65 bits per heavy atom. The van der Waals surface area contributed by atoms with Gasteiger partial charge < -0.3 is 9.64 Å². The smallest absolute Gasteiger partial charge is 0.309 e. The maximum Gasteiger partial charge on any atom is 0.309 e. The zero-order valence-electron chi connectivity index (χ0n) is 13.4. The van der Waals surface area contributed by atoms with E-state index in [0.29, 0.717) is 6.42 Å². The fraction of sp³-hybridized carbons (Fsp3) is 0.875. The van der Waals surface area contributed by atoms with E-state index in [1.807, 2.05) is 0 Å². The second-order valence-corrected chi connectivity index (χ2v) is 9.26. The van der Waals surface area contributed by atoms with Gasteiger partial charge >= 0.3 is 5.97 Å². The number of rotatable bonds is 5. The lowest BCUT2D eigenvalue weighted by atomic mass is 9.93. The van der Waals surface area contributed by atoms with Crippen molar-refractivity contribution in [1.29, 1.82) is 0 Å². The Labute approximate surface area is 137 Å². The summed E-state index contributed by atoms with van der Waals surface area (Å²) in [6.45, 7) is -0.248. The number of ether oxygens (including phenoxy) is 1. The Balaban J connectivity index is 1.65. The van der Waals surface area contributed by atoms with Crippen LogP contribution in [0, 0.1) is 5.92 Å². The minimum absolute atomic E-state index is 0.0298. The molecular formula is C16H25NO5S. The lowest BCUT2D eigenvalue weighted by Crippen LogP contribution is -2.50. The molecule has 1 saturated heterocycles. The molecule has 0 bridgehead atoms. The maximum absolute atomic E-state index is 12.6. The molecule has 3 rings (SSSR count). The van der Waals surface area contributed by atoms with E-state index in [2.05, 4.69) is 0 Å². The summed E-state index contributed by atoms with van der Waals surface area (Å²) in [5.74, 6) is -0.353. The SMILES string of the molecule is O=C(OCC(=O)N(C1CCCCC1)[C@H]1CCS(=O)(=O)C1)C1CC1. The van der Waals surface area contributed by atoms with Gasteiger partial charge in [-0.15, -0.1) is 0 Å². The Morgan fingerprint density at radius 1 is 0.957 bits per heavy atom. The van der Waals surface area contributed by atoms with E-state index in [0.717, 1.165) is 44.9 Å². The molecule has 0 unspecified atom stereocenters. The summed E-state index contributed by atoms with van der Waals surface area (Å²) in [5, 5.41) is 0. The average molecular weight is 343 g/mol. The van der Waals surface area contributed by atoms with Crippen molar-refractivity contribution in [2.45, 2.75) is 63.5 Å². The van der Waals surface area contributed by atoms with Gasteiger partial charge in [-0.1, -0.05) is 19.3 Å². The van der Waals surface area contributed by atoms with Gasteiger partial charge in [0.1, 0.15) is 0 Å². The summed E-state index contributed by atoms with van der Waals surface area (Å²) < 4.78 is 28.7. The van der Waals surface area contributed by atoms with Crippen molar-refractivity contribution in [3.8, 4) is 0 Å². The molecule has 0 aromatic heterocycles. The van der Waals surface area contributed by atoms with Crippen molar-refractivity contribution in [1.82, 2.24) is 4.90 Å². The summed E-state index contributed by atoms with van der Waals surface area (Å²) in [5.41, 5.74) is 0. The summed E-state index contributed by atoms with van der Waals surface area (Å²) in [6.07, 6.45) is 7.32. The van der Waals surface area contributed by atoms with Crippen LogP contribution < -0.4 is 0 Å². The van der Waals surface area contributed by atoms with Gasteiger partial charge in [0.15, 0.2) is 16.4 Å². The summed E-state index contributed by atoms with van der Waals surface area (Å²) in [4.78, 5) is 26.0. The number of esters is 1. The third-order valence-electron chi connectivity index (χ3n) is 5.11. The Bertz CT molecular complexity index is 563. The highest BCUT2D eigenvalue weighted by atomic mass is 32.2. The molecule has 0 aromatic carbocycles. The minimum atomic E-state index is -3.05. The molecule has 3 fully saturated rings. The van der Waals surface area contributed by atoms with Crippen molar-refractivity contribution in [3.05, 3.63) is 0 Å². The fourth-order valence-electron chi connectivity index (χ4n) is 3.70. The van der Waals surface area contributed by atoms with Crippen LogP contribution in [0.1, 0.15) is 51.4 Å². The molecule has 0 N–H and O–H groups in total. The van der Waals surface area contributed by atoms with Crippen molar-refractivity contribution in [2.24, 2.45) is 5.92 Å². The lowest BCUT2D eigenvalue weighted by Gasteiger charge is -2.38. The highest BCUT2D eigenvalue weighted by molar-refractivity contribution is 7.91. The zero-order chi connectivity index (χ0) is 16.4. The lowest BCUT2D eigenvalue weighted by molar-refractivity contribution is -0.155. The van der Waals surface area contributed by atoms with Gasteiger partial charge in [0, 0.05) is 12.1 Å². The number of sulfone groups is 1. The van der Waals surface area contributed by atoms with Gasteiger partial charge in [-0.3, -0.25) is 9.59 Å². The van der Waals surface area contributed by atoms with Crippen LogP contribution in [0.3, 0.4) is 0 Å². The van der Waals surface area contributed by atoms with Gasteiger partial charge in [-0.05, 0) is 32.1 Å². The molecule has 2 saturated carbocycles. The first-order valence-corrected chi connectivity index (χ1v) is 10.5. The van der Waals surface area contributed by atoms with Crippen molar-refractivity contribution < 1.29 is 22.7 Å². The number of hydrogen-bond acceptors (Lipinski definition) is 5. The average Bonchev–Trinajstić information content (AvgIpc) is 3.31. The third-order valence-corrected chi connectivity index (χ3v) is 6.86. The van der Waals surface area contributed by atoms with Gasteiger partial charge in [0.25, 0.3) is 5.91 Å². The summed E-state index contributed by atoms with van der Waals surface area (Å²) >= 11 is 0. The molecule has 2 aliphatic carbocycles. The predicted molar refractivity (Wildman–Crippen MR) is 84.5 cm³/mol. The topological polar surface area (TPSA) is 80.8 Å². The highest BCUT2D eigenvalue weighted by Crippen LogP contribution is 2.31. The van der Waals surface area contributed by atoms with E-state index in [-0.39, 0.29) is 48.0 Å². The van der Waals surface area contributed by atoms with Crippen LogP contribution in [0.15, 0.2) is 0 Å². The van der Waals surface area contributed by atoms with Gasteiger partial charge in [-0.25, -0.2) is 8.42 Å². The minimum Gasteiger partial charge on any atom is -0.455 e. The van der Waals surface area contributed by atoms with Crippen LogP contribution >= 0.6 is 0 Å². The molecule has 1 amide bonds. The molecule has 7 heteroatoms. The standard InChI is InChI=1S/C16H25NO5S/c18-15(10-22-16(19)12-6-7-12)17(13-4-2-1-3-5-13)14-8-9-23(20,21)11-14/h12-14H,1-11H2/t14-/m0/s1. The van der Waals surface area contributed by atoms with Crippen LogP contribution in [-0.4, -0.2) is 55.4 Å². The molecule has 0 spiro atoms. The van der Waals surface area contributed by atoms with Gasteiger partial charge in [-0.2, -0.15) is 0 Å². The first kappa shape index (κ1) is 16.7. The van der Waals surface area contributed by atoms with Crippen molar-refractivity contribution in [3.63, 3.8) is 0 Å². The molecular weight excluding hydrogens is 318 g/mol. The summed E-state index contributed by atoms with van der Waals surface area (Å²) in [7, 11) is -3.05. The van der Waals surface area contributed by atoms with E-state index >= 15 is 0 Å². The molecule has 1 aliphatic heterocycles. The predicted octanol–water partition coefficient (Wildman–Crippen LogP) is 1.29. The molecule has 1 heterocycles. The normalized spacial score (nSPS) is 27.6. The highest BCUT2D eigenvalue weighted by Gasteiger charge is 2.39. The van der Waals surface area contributed by atoms with Crippen LogP contribution in [0.25, 0.3) is 0 Å². The second kappa shape index (κ2) is 6.79. The summed E-state index contributed by atoms with van der Waals surface area (Å²) in [6, 6.07) is -0.163. The molecule has 6 nitrogen and oxygen atoms in total. The number of amides is 1. The van der Waals surface area contributed by atoms with E-state index < -0.39 is 9.84 Å². The largest absolute Gasteiger partial charge is 0.455 e. The number of hydrogen-bond donors (Lipinski definition) is 0. The Hall–Kier alpha value is -1.11. The van der Waals surface area contributed by atoms with Crippen LogP contribution in [-0.2, 0) is 24.2 Å². The number of carbonyl (C=O) groups is 2.